The summed E-state index contributed by atoms with van der Waals surface area (Å²) < 4.78 is 0. The van der Waals surface area contributed by atoms with Gasteiger partial charge in [0.25, 0.3) is 0 Å². The summed E-state index contributed by atoms with van der Waals surface area (Å²) in [5.74, 6) is 0. The van der Waals surface area contributed by atoms with Gasteiger partial charge >= 0.3 is 0 Å². The number of aliphatic hydroxyl groups is 2. The van der Waals surface area contributed by atoms with E-state index in [1.54, 1.807) is 0 Å². The van der Waals surface area contributed by atoms with E-state index in [0.29, 0.717) is 6.54 Å². The molecule has 0 aliphatic carbocycles. The molecule has 1 atom stereocenters. The topological polar surface area (TPSA) is 43.5 Å². The minimum Gasteiger partial charge on any atom is -0.394 e. The van der Waals surface area contributed by atoms with E-state index in [1.807, 2.05) is 0 Å². The smallest absolute Gasteiger partial charge is 0.0897 e. The molecule has 3 heteroatoms. The molecule has 0 aromatic heterocycles. The van der Waals surface area contributed by atoms with Gasteiger partial charge in [-0.05, 0) is 0 Å². The Hall–Kier alpha value is -0.120. The lowest BCUT2D eigenvalue weighted by Gasteiger charge is -2.04. The molecule has 1 heterocycles. The Morgan fingerprint density at radius 1 is 1.50 bits per heavy atom. The van der Waals surface area contributed by atoms with Crippen molar-refractivity contribution in [2.24, 2.45) is 0 Å². The molecule has 1 rings (SSSR count). The van der Waals surface area contributed by atoms with Gasteiger partial charge in [0, 0.05) is 19.6 Å². The molecule has 1 unspecified atom stereocenters. The summed E-state index contributed by atoms with van der Waals surface area (Å²) in [5, 5.41) is 17.1. The van der Waals surface area contributed by atoms with E-state index in [9.17, 15) is 0 Å². The van der Waals surface area contributed by atoms with E-state index in [-0.39, 0.29) is 6.61 Å². The monoisotopic (exact) mass is 117 g/mol. The third-order valence-corrected chi connectivity index (χ3v) is 1.22. The van der Waals surface area contributed by atoms with Crippen LogP contribution in [0.25, 0.3) is 0 Å². The molecule has 8 heavy (non-hydrogen) atoms. The van der Waals surface area contributed by atoms with Gasteiger partial charge in [0.05, 0.1) is 12.7 Å². The van der Waals surface area contributed by atoms with Gasteiger partial charge in [-0.1, -0.05) is 0 Å². The van der Waals surface area contributed by atoms with Crippen molar-refractivity contribution in [3.05, 3.63) is 0 Å². The van der Waals surface area contributed by atoms with Crippen LogP contribution in [0.3, 0.4) is 0 Å². The van der Waals surface area contributed by atoms with Crippen LogP contribution >= 0.6 is 0 Å². The normalized spacial score (nSPS) is 23.2. The predicted molar refractivity (Wildman–Crippen MR) is 29.5 cm³/mol. The van der Waals surface area contributed by atoms with Crippen LogP contribution in [0.2, 0.25) is 0 Å². The van der Waals surface area contributed by atoms with Crippen molar-refractivity contribution in [2.45, 2.75) is 6.10 Å². The SMILES string of the molecule is OCC(O)CN1CC1. The first-order valence-electron chi connectivity index (χ1n) is 2.84. The predicted octanol–water partition coefficient (Wildman–Crippen LogP) is -1.34. The molecule has 1 aliphatic rings. The van der Waals surface area contributed by atoms with Crippen LogP contribution in [0.5, 0.6) is 0 Å². The van der Waals surface area contributed by atoms with Gasteiger partial charge < -0.3 is 10.2 Å². The van der Waals surface area contributed by atoms with Gasteiger partial charge in [-0.25, -0.2) is 0 Å². The van der Waals surface area contributed by atoms with Crippen molar-refractivity contribution in [2.75, 3.05) is 26.2 Å². The standard InChI is InChI=1S/C5H11NO2/c7-4-5(8)3-6-1-2-6/h5,7-8H,1-4H2. The summed E-state index contributed by atoms with van der Waals surface area (Å²) in [6.45, 7) is 2.68. The van der Waals surface area contributed by atoms with Crippen LogP contribution in [0.4, 0.5) is 0 Å². The molecule has 48 valence electrons. The van der Waals surface area contributed by atoms with E-state index < -0.39 is 6.10 Å². The third-order valence-electron chi connectivity index (χ3n) is 1.22. The number of hydrogen-bond acceptors (Lipinski definition) is 3. The number of rotatable bonds is 3. The minimum absolute atomic E-state index is 0.115. The fraction of sp³-hybridized carbons (Fsp3) is 1.00. The molecule has 0 aromatic carbocycles. The molecule has 0 aromatic rings. The second kappa shape index (κ2) is 2.44. The highest BCUT2D eigenvalue weighted by Crippen LogP contribution is 2.02. The Balaban J connectivity index is 1.98. The average Bonchev–Trinajstić information content (AvgIpc) is 2.50. The highest BCUT2D eigenvalue weighted by Gasteiger charge is 2.19. The maximum Gasteiger partial charge on any atom is 0.0897 e. The van der Waals surface area contributed by atoms with E-state index in [1.165, 1.54) is 0 Å². The van der Waals surface area contributed by atoms with Crippen molar-refractivity contribution in [3.63, 3.8) is 0 Å². The van der Waals surface area contributed by atoms with E-state index in [4.69, 9.17) is 10.2 Å². The van der Waals surface area contributed by atoms with Gasteiger partial charge in [-0.2, -0.15) is 0 Å². The Labute approximate surface area is 48.5 Å². The van der Waals surface area contributed by atoms with E-state index in [2.05, 4.69) is 4.90 Å². The third kappa shape index (κ3) is 1.78. The molecular formula is C5H11NO2. The molecule has 1 saturated heterocycles. The summed E-state index contributed by atoms with van der Waals surface area (Å²) in [4.78, 5) is 2.07. The van der Waals surface area contributed by atoms with Crippen molar-refractivity contribution in [1.29, 1.82) is 0 Å². The number of β-amino-alcohol motifs (C(OH)–C–C–N with tert-alkyl or cyclic N) is 1. The fourth-order valence-corrected chi connectivity index (χ4v) is 0.609. The maximum atomic E-state index is 8.78. The lowest BCUT2D eigenvalue weighted by Crippen LogP contribution is -2.22. The first-order chi connectivity index (χ1) is 3.83. The number of aliphatic hydroxyl groups excluding tert-OH is 2. The van der Waals surface area contributed by atoms with Gasteiger partial charge in [0.1, 0.15) is 0 Å². The molecule has 1 aliphatic heterocycles. The summed E-state index contributed by atoms with van der Waals surface area (Å²) in [5.41, 5.74) is 0. The van der Waals surface area contributed by atoms with Crippen LogP contribution in [0.15, 0.2) is 0 Å². The molecular weight excluding hydrogens is 106 g/mol. The van der Waals surface area contributed by atoms with E-state index in [0.717, 1.165) is 13.1 Å². The van der Waals surface area contributed by atoms with Crippen LogP contribution in [0, 0.1) is 0 Å². The average molecular weight is 117 g/mol. The van der Waals surface area contributed by atoms with Crippen LogP contribution in [-0.4, -0.2) is 47.5 Å². The first kappa shape index (κ1) is 6.01. The number of nitrogens with zero attached hydrogens (tertiary/aromatic N) is 1. The zero-order chi connectivity index (χ0) is 5.98. The van der Waals surface area contributed by atoms with Crippen LogP contribution in [0.1, 0.15) is 0 Å². The zero-order valence-electron chi connectivity index (χ0n) is 4.75. The Morgan fingerprint density at radius 2 is 2.12 bits per heavy atom. The zero-order valence-corrected chi connectivity index (χ0v) is 4.75. The lowest BCUT2D eigenvalue weighted by molar-refractivity contribution is 0.0832. The molecule has 1 fully saturated rings. The highest BCUT2D eigenvalue weighted by atomic mass is 16.3. The molecule has 2 N–H and O–H groups in total. The van der Waals surface area contributed by atoms with Crippen molar-refractivity contribution in [3.8, 4) is 0 Å². The molecule has 0 spiro atoms. The van der Waals surface area contributed by atoms with Crippen molar-refractivity contribution >= 4 is 0 Å². The van der Waals surface area contributed by atoms with Gasteiger partial charge in [-0.15, -0.1) is 0 Å². The minimum atomic E-state index is -0.530. The molecule has 0 radical (unpaired) electrons. The molecule has 3 nitrogen and oxygen atoms in total. The van der Waals surface area contributed by atoms with Gasteiger partial charge in [0.15, 0.2) is 0 Å². The summed E-state index contributed by atoms with van der Waals surface area (Å²) in [6.07, 6.45) is -0.530. The molecule has 0 saturated carbocycles. The summed E-state index contributed by atoms with van der Waals surface area (Å²) in [6, 6.07) is 0. The Kier molecular flexibility index (Phi) is 1.83. The second-order valence-electron chi connectivity index (χ2n) is 2.14. The Morgan fingerprint density at radius 3 is 2.50 bits per heavy atom. The molecule has 0 bridgehead atoms. The second-order valence-corrected chi connectivity index (χ2v) is 2.14. The maximum absolute atomic E-state index is 8.78. The largest absolute Gasteiger partial charge is 0.394 e. The van der Waals surface area contributed by atoms with Gasteiger partial charge in [-0.3, -0.25) is 4.90 Å². The Bertz CT molecular complexity index is 72.8. The number of hydrogen-bond donors (Lipinski definition) is 2. The van der Waals surface area contributed by atoms with E-state index >= 15 is 0 Å². The van der Waals surface area contributed by atoms with Crippen LogP contribution in [-0.2, 0) is 0 Å². The summed E-state index contributed by atoms with van der Waals surface area (Å²) >= 11 is 0. The summed E-state index contributed by atoms with van der Waals surface area (Å²) in [7, 11) is 0. The van der Waals surface area contributed by atoms with Gasteiger partial charge in [0.2, 0.25) is 0 Å². The highest BCUT2D eigenvalue weighted by molar-refractivity contribution is 4.74. The fourth-order valence-electron chi connectivity index (χ4n) is 0.609. The first-order valence-corrected chi connectivity index (χ1v) is 2.84. The lowest BCUT2D eigenvalue weighted by atomic mass is 10.4. The quantitative estimate of drug-likeness (QED) is 0.449. The van der Waals surface area contributed by atoms with Crippen molar-refractivity contribution in [1.82, 2.24) is 4.90 Å². The van der Waals surface area contributed by atoms with Crippen molar-refractivity contribution < 1.29 is 10.2 Å². The van der Waals surface area contributed by atoms with Crippen LogP contribution < -0.4 is 0 Å². The molecule has 0 amide bonds.